The first-order valence-electron chi connectivity index (χ1n) is 8.16. The molecule has 1 atom stereocenters. The van der Waals surface area contributed by atoms with Crippen LogP contribution in [0.3, 0.4) is 0 Å². The summed E-state index contributed by atoms with van der Waals surface area (Å²) in [5.74, 6) is 0.558. The molecule has 0 amide bonds. The molecule has 26 heavy (non-hydrogen) atoms. The minimum absolute atomic E-state index is 0.0696. The van der Waals surface area contributed by atoms with Crippen LogP contribution in [0.4, 0.5) is 11.6 Å². The number of nitrogens with one attached hydrogen (secondary N) is 1. The summed E-state index contributed by atoms with van der Waals surface area (Å²) in [7, 11) is -3.87. The number of aromatic nitrogens is 2. The van der Waals surface area contributed by atoms with E-state index < -0.39 is 14.9 Å². The molecule has 2 heterocycles. The van der Waals surface area contributed by atoms with Crippen LogP contribution in [0.2, 0.25) is 0 Å². The summed E-state index contributed by atoms with van der Waals surface area (Å²) >= 11 is 0. The summed E-state index contributed by atoms with van der Waals surface area (Å²) < 4.78 is 28.2. The lowest BCUT2D eigenvalue weighted by atomic mass is 10.1. The molecule has 9 nitrogen and oxygen atoms in total. The number of anilines is 1. The maximum Gasteiger partial charge on any atom is 0.270 e. The van der Waals surface area contributed by atoms with Crippen molar-refractivity contribution in [2.75, 3.05) is 18.0 Å². The Morgan fingerprint density at radius 2 is 2.04 bits per heavy atom. The van der Waals surface area contributed by atoms with Gasteiger partial charge in [0, 0.05) is 43.7 Å². The van der Waals surface area contributed by atoms with Crippen LogP contribution in [-0.4, -0.2) is 42.4 Å². The van der Waals surface area contributed by atoms with Gasteiger partial charge in [0.15, 0.2) is 0 Å². The van der Waals surface area contributed by atoms with E-state index in [9.17, 15) is 18.5 Å². The molecule has 0 spiro atoms. The number of nitro groups is 1. The van der Waals surface area contributed by atoms with Gasteiger partial charge in [0.1, 0.15) is 0 Å². The predicted octanol–water partition coefficient (Wildman–Crippen LogP) is 1.64. The number of rotatable bonds is 5. The summed E-state index contributed by atoms with van der Waals surface area (Å²) in [6.07, 6.45) is 4.75. The van der Waals surface area contributed by atoms with Crippen LogP contribution in [0.5, 0.6) is 0 Å². The van der Waals surface area contributed by atoms with E-state index in [2.05, 4.69) is 14.7 Å². The zero-order chi connectivity index (χ0) is 18.7. The molecular formula is C16H19N5O4S. The van der Waals surface area contributed by atoms with E-state index in [4.69, 9.17) is 0 Å². The van der Waals surface area contributed by atoms with Crippen LogP contribution < -0.4 is 9.62 Å². The Hall–Kier alpha value is -2.59. The zero-order valence-corrected chi connectivity index (χ0v) is 15.0. The van der Waals surface area contributed by atoms with Gasteiger partial charge in [0.05, 0.1) is 9.82 Å². The number of piperidine rings is 1. The topological polar surface area (TPSA) is 118 Å². The van der Waals surface area contributed by atoms with Crippen molar-refractivity contribution in [1.82, 2.24) is 14.7 Å². The summed E-state index contributed by atoms with van der Waals surface area (Å²) in [5.41, 5.74) is 0.209. The molecule has 0 bridgehead atoms. The highest BCUT2D eigenvalue weighted by molar-refractivity contribution is 7.89. The van der Waals surface area contributed by atoms with Gasteiger partial charge in [-0.05, 0) is 31.4 Å². The van der Waals surface area contributed by atoms with E-state index in [0.717, 1.165) is 19.0 Å². The largest absolute Gasteiger partial charge is 0.339 e. The third-order valence-corrected chi connectivity index (χ3v) is 5.91. The Balaban J connectivity index is 1.79. The highest BCUT2D eigenvalue weighted by atomic mass is 32.2. The maximum absolute atomic E-state index is 12.8. The molecular weight excluding hydrogens is 358 g/mol. The molecule has 138 valence electrons. The molecule has 0 aliphatic carbocycles. The summed E-state index contributed by atoms with van der Waals surface area (Å²) in [6, 6.07) is 5.23. The van der Waals surface area contributed by atoms with Gasteiger partial charge >= 0.3 is 0 Å². The van der Waals surface area contributed by atoms with E-state index in [0.29, 0.717) is 24.5 Å². The van der Waals surface area contributed by atoms with E-state index in [1.165, 1.54) is 12.1 Å². The normalized spacial score (nSPS) is 17.9. The molecule has 1 fully saturated rings. The second-order valence-corrected chi connectivity index (χ2v) is 7.84. The number of hydrogen-bond acceptors (Lipinski definition) is 7. The van der Waals surface area contributed by atoms with Gasteiger partial charge in [0.25, 0.3) is 5.69 Å². The zero-order valence-electron chi connectivity index (χ0n) is 14.2. The fraction of sp³-hybridized carbons (Fsp3) is 0.375. The Morgan fingerprint density at radius 3 is 2.73 bits per heavy atom. The third-order valence-electron chi connectivity index (χ3n) is 4.25. The molecule has 1 N–H and O–H groups in total. The minimum atomic E-state index is -3.87. The number of aryl methyl sites for hydroxylation is 1. The third kappa shape index (κ3) is 3.97. The lowest BCUT2D eigenvalue weighted by molar-refractivity contribution is -0.385. The number of nitrogens with zero attached hydrogens (tertiary/aromatic N) is 4. The smallest absolute Gasteiger partial charge is 0.270 e. The summed E-state index contributed by atoms with van der Waals surface area (Å²) in [4.78, 5) is 20.6. The monoisotopic (exact) mass is 377 g/mol. The second kappa shape index (κ2) is 7.34. The van der Waals surface area contributed by atoms with Crippen molar-refractivity contribution in [3.63, 3.8) is 0 Å². The van der Waals surface area contributed by atoms with Crippen molar-refractivity contribution < 1.29 is 13.3 Å². The van der Waals surface area contributed by atoms with Crippen molar-refractivity contribution >= 4 is 21.7 Å². The van der Waals surface area contributed by atoms with Crippen molar-refractivity contribution in [1.29, 1.82) is 0 Å². The van der Waals surface area contributed by atoms with E-state index in [1.807, 2.05) is 4.90 Å². The van der Waals surface area contributed by atoms with Crippen LogP contribution in [0.1, 0.15) is 18.4 Å². The number of nitro benzene ring substituents is 1. The van der Waals surface area contributed by atoms with Gasteiger partial charge < -0.3 is 4.90 Å². The first-order chi connectivity index (χ1) is 12.4. The van der Waals surface area contributed by atoms with Crippen molar-refractivity contribution in [3.05, 3.63) is 52.3 Å². The number of hydrogen-bond donors (Lipinski definition) is 1. The molecule has 1 aliphatic heterocycles. The Bertz CT molecular complexity index is 904. The van der Waals surface area contributed by atoms with Crippen LogP contribution in [0.15, 0.2) is 41.6 Å². The lowest BCUT2D eigenvalue weighted by Gasteiger charge is -2.32. The molecule has 0 saturated carbocycles. The Morgan fingerprint density at radius 1 is 1.31 bits per heavy atom. The average Bonchev–Trinajstić information content (AvgIpc) is 2.62. The van der Waals surface area contributed by atoms with Crippen molar-refractivity contribution in [2.24, 2.45) is 0 Å². The molecule has 3 rings (SSSR count). The quantitative estimate of drug-likeness (QED) is 0.621. The van der Waals surface area contributed by atoms with Gasteiger partial charge in [-0.2, -0.15) is 0 Å². The van der Waals surface area contributed by atoms with Gasteiger partial charge in [-0.25, -0.2) is 23.1 Å². The minimum Gasteiger partial charge on any atom is -0.339 e. The summed E-state index contributed by atoms with van der Waals surface area (Å²) in [5, 5.41) is 11.0. The summed E-state index contributed by atoms with van der Waals surface area (Å²) in [6.45, 7) is 2.80. The van der Waals surface area contributed by atoms with E-state index in [1.54, 1.807) is 25.4 Å². The number of non-ortho nitro benzene ring substituents is 1. The molecule has 1 saturated heterocycles. The molecule has 1 unspecified atom stereocenters. The highest BCUT2D eigenvalue weighted by Crippen LogP contribution is 2.23. The number of benzene rings is 1. The molecule has 10 heteroatoms. The van der Waals surface area contributed by atoms with Crippen LogP contribution in [0, 0.1) is 17.0 Å². The van der Waals surface area contributed by atoms with E-state index >= 15 is 0 Å². The van der Waals surface area contributed by atoms with Gasteiger partial charge in [-0.3, -0.25) is 10.1 Å². The van der Waals surface area contributed by atoms with Gasteiger partial charge in [-0.15, -0.1) is 0 Å². The SMILES string of the molecule is Cc1ccc([N+](=O)[O-])cc1S(=O)(=O)NC1CCCN(c2ncccn2)C1. The van der Waals surface area contributed by atoms with E-state index in [-0.39, 0.29) is 16.6 Å². The fourth-order valence-electron chi connectivity index (χ4n) is 2.98. The van der Waals surface area contributed by atoms with Crippen LogP contribution in [0.25, 0.3) is 0 Å². The first-order valence-corrected chi connectivity index (χ1v) is 9.64. The second-order valence-electron chi connectivity index (χ2n) is 6.16. The van der Waals surface area contributed by atoms with Gasteiger partial charge in [-0.1, -0.05) is 6.07 Å². The Labute approximate surface area is 151 Å². The maximum atomic E-state index is 12.8. The molecule has 1 aromatic heterocycles. The number of sulfonamides is 1. The van der Waals surface area contributed by atoms with Crippen LogP contribution >= 0.6 is 0 Å². The van der Waals surface area contributed by atoms with Crippen molar-refractivity contribution in [3.8, 4) is 0 Å². The molecule has 1 aromatic carbocycles. The Kier molecular flexibility index (Phi) is 5.14. The van der Waals surface area contributed by atoms with Gasteiger partial charge in [0.2, 0.25) is 16.0 Å². The predicted molar refractivity (Wildman–Crippen MR) is 95.4 cm³/mol. The van der Waals surface area contributed by atoms with Crippen molar-refractivity contribution in [2.45, 2.75) is 30.7 Å². The fourth-order valence-corrected chi connectivity index (χ4v) is 4.51. The first kappa shape index (κ1) is 18.2. The lowest BCUT2D eigenvalue weighted by Crippen LogP contribution is -2.48. The highest BCUT2D eigenvalue weighted by Gasteiger charge is 2.28. The molecule has 1 aliphatic rings. The molecule has 2 aromatic rings. The van der Waals surface area contributed by atoms with Crippen LogP contribution in [-0.2, 0) is 10.0 Å². The average molecular weight is 377 g/mol. The standard InChI is InChI=1S/C16H19N5O4S/c1-12-5-6-14(21(22)23)10-15(12)26(24,25)19-13-4-2-9-20(11-13)16-17-7-3-8-18-16/h3,5-8,10,13,19H,2,4,9,11H2,1H3. The molecule has 0 radical (unpaired) electrons.